The van der Waals surface area contributed by atoms with Gasteiger partial charge in [-0.05, 0) is 31.7 Å². The molecule has 0 aliphatic carbocycles. The number of rotatable bonds is 5. The van der Waals surface area contributed by atoms with Crippen LogP contribution < -0.4 is 5.32 Å². The lowest BCUT2D eigenvalue weighted by atomic mass is 10.2. The molecule has 0 bridgehead atoms. The minimum absolute atomic E-state index is 0.0750. The summed E-state index contributed by atoms with van der Waals surface area (Å²) in [6, 6.07) is 4.90. The molecular weight excluding hydrogens is 318 g/mol. The predicted octanol–water partition coefficient (Wildman–Crippen LogP) is 0.516. The second-order valence-electron chi connectivity index (χ2n) is 5.67. The van der Waals surface area contributed by atoms with Crippen molar-refractivity contribution in [3.8, 4) is 0 Å². The Kier molecular flexibility index (Phi) is 5.74. The normalized spacial score (nSPS) is 17.2. The van der Waals surface area contributed by atoms with Crippen LogP contribution in [0.25, 0.3) is 0 Å². The Morgan fingerprint density at radius 3 is 2.52 bits per heavy atom. The van der Waals surface area contributed by atoms with E-state index >= 15 is 0 Å². The number of aryl methyl sites for hydroxylation is 1. The van der Waals surface area contributed by atoms with Crippen molar-refractivity contribution in [1.29, 1.82) is 0 Å². The van der Waals surface area contributed by atoms with E-state index in [-0.39, 0.29) is 17.4 Å². The van der Waals surface area contributed by atoms with Crippen molar-refractivity contribution in [2.75, 3.05) is 52.3 Å². The van der Waals surface area contributed by atoms with Crippen LogP contribution in [0.3, 0.4) is 0 Å². The first kappa shape index (κ1) is 17.9. The predicted molar refractivity (Wildman–Crippen MR) is 87.9 cm³/mol. The van der Waals surface area contributed by atoms with Crippen LogP contribution in [0.15, 0.2) is 23.1 Å². The van der Waals surface area contributed by atoms with Crippen LogP contribution in [0.5, 0.6) is 0 Å². The number of piperazine rings is 1. The van der Waals surface area contributed by atoms with Gasteiger partial charge in [-0.15, -0.1) is 0 Å². The maximum absolute atomic E-state index is 12.8. The zero-order chi connectivity index (χ0) is 17.0. The lowest BCUT2D eigenvalue weighted by molar-refractivity contribution is -0.119. The zero-order valence-electron chi connectivity index (χ0n) is 13.7. The Hall–Kier alpha value is -1.48. The summed E-state index contributed by atoms with van der Waals surface area (Å²) in [7, 11) is -0.161. The summed E-state index contributed by atoms with van der Waals surface area (Å²) in [6.07, 6.45) is 0. The maximum Gasteiger partial charge on any atom is 0.250 e. The van der Waals surface area contributed by atoms with E-state index in [1.165, 1.54) is 17.5 Å². The Morgan fingerprint density at radius 1 is 1.26 bits per heavy atom. The molecule has 1 fully saturated rings. The van der Waals surface area contributed by atoms with Crippen molar-refractivity contribution in [3.63, 3.8) is 0 Å². The smallest absolute Gasteiger partial charge is 0.250 e. The topological polar surface area (TPSA) is 78.9 Å². The fraction of sp³-hybridized carbons (Fsp3) is 0.533. The van der Waals surface area contributed by atoms with Gasteiger partial charge in [0.1, 0.15) is 6.61 Å². The van der Waals surface area contributed by atoms with Crippen molar-refractivity contribution in [2.24, 2.45) is 0 Å². The Labute approximate surface area is 137 Å². The average molecular weight is 341 g/mol. The van der Waals surface area contributed by atoms with Crippen molar-refractivity contribution in [2.45, 2.75) is 11.8 Å². The SMILES string of the molecule is COCC(=O)Nc1ccc(C)c(S(=O)(=O)N2CCN(C)CC2)c1. The molecule has 1 amide bonds. The molecule has 0 saturated carbocycles. The van der Waals surface area contributed by atoms with Gasteiger partial charge in [0.15, 0.2) is 0 Å². The zero-order valence-corrected chi connectivity index (χ0v) is 14.5. The highest BCUT2D eigenvalue weighted by atomic mass is 32.2. The molecule has 23 heavy (non-hydrogen) atoms. The van der Waals surface area contributed by atoms with E-state index in [1.54, 1.807) is 19.1 Å². The summed E-state index contributed by atoms with van der Waals surface area (Å²) >= 11 is 0. The number of hydrogen-bond acceptors (Lipinski definition) is 5. The molecule has 2 rings (SSSR count). The second kappa shape index (κ2) is 7.39. The molecule has 8 heteroatoms. The van der Waals surface area contributed by atoms with Crippen LogP contribution in [0.4, 0.5) is 5.69 Å². The lowest BCUT2D eigenvalue weighted by Gasteiger charge is -2.32. The summed E-state index contributed by atoms with van der Waals surface area (Å²) in [5, 5.41) is 2.64. The third-order valence-electron chi connectivity index (χ3n) is 3.83. The Morgan fingerprint density at radius 2 is 1.91 bits per heavy atom. The van der Waals surface area contributed by atoms with Gasteiger partial charge >= 0.3 is 0 Å². The summed E-state index contributed by atoms with van der Waals surface area (Å²) in [6.45, 7) is 4.04. The number of nitrogens with zero attached hydrogens (tertiary/aromatic N) is 2. The standard InChI is InChI=1S/C15H23N3O4S/c1-12-4-5-13(16-15(19)11-22-3)10-14(12)23(20,21)18-8-6-17(2)7-9-18/h4-5,10H,6-9,11H2,1-3H3,(H,16,19). The van der Waals surface area contributed by atoms with Gasteiger partial charge in [0.05, 0.1) is 4.90 Å². The first-order chi connectivity index (χ1) is 10.8. The van der Waals surface area contributed by atoms with Crippen LogP contribution in [-0.2, 0) is 19.6 Å². The van der Waals surface area contributed by atoms with E-state index in [9.17, 15) is 13.2 Å². The Balaban J connectivity index is 2.25. The molecule has 1 aromatic carbocycles. The van der Waals surface area contributed by atoms with Gasteiger partial charge in [-0.3, -0.25) is 4.79 Å². The molecule has 0 radical (unpaired) electrons. The number of anilines is 1. The molecule has 1 heterocycles. The van der Waals surface area contributed by atoms with Crippen molar-refractivity contribution in [1.82, 2.24) is 9.21 Å². The lowest BCUT2D eigenvalue weighted by Crippen LogP contribution is -2.47. The van der Waals surface area contributed by atoms with Crippen molar-refractivity contribution in [3.05, 3.63) is 23.8 Å². The van der Waals surface area contributed by atoms with Gasteiger partial charge in [-0.2, -0.15) is 4.31 Å². The molecule has 0 aromatic heterocycles. The minimum Gasteiger partial charge on any atom is -0.375 e. The van der Waals surface area contributed by atoms with E-state index in [0.717, 1.165) is 0 Å². The number of sulfonamides is 1. The molecule has 0 spiro atoms. The number of hydrogen-bond donors (Lipinski definition) is 1. The highest BCUT2D eigenvalue weighted by Gasteiger charge is 2.28. The molecule has 7 nitrogen and oxygen atoms in total. The summed E-state index contributed by atoms with van der Waals surface area (Å²) < 4.78 is 32.0. The number of carbonyl (C=O) groups excluding carboxylic acids is 1. The van der Waals surface area contributed by atoms with E-state index in [0.29, 0.717) is 37.4 Å². The van der Waals surface area contributed by atoms with Gasteiger partial charge in [0, 0.05) is 39.0 Å². The van der Waals surface area contributed by atoms with Crippen LogP contribution in [-0.4, -0.2) is 70.5 Å². The summed E-state index contributed by atoms with van der Waals surface area (Å²) in [4.78, 5) is 13.9. The third-order valence-corrected chi connectivity index (χ3v) is 5.87. The number of benzene rings is 1. The fourth-order valence-electron chi connectivity index (χ4n) is 2.45. The van der Waals surface area contributed by atoms with Crippen molar-refractivity contribution >= 4 is 21.6 Å². The number of methoxy groups -OCH3 is 1. The van der Waals surface area contributed by atoms with Gasteiger partial charge in [0.2, 0.25) is 15.9 Å². The Bertz CT molecular complexity index is 667. The largest absolute Gasteiger partial charge is 0.375 e. The average Bonchev–Trinajstić information content (AvgIpc) is 2.49. The number of carbonyl (C=O) groups is 1. The highest BCUT2D eigenvalue weighted by molar-refractivity contribution is 7.89. The molecule has 0 unspecified atom stereocenters. The summed E-state index contributed by atoms with van der Waals surface area (Å²) in [5.74, 6) is -0.320. The van der Waals surface area contributed by atoms with Crippen LogP contribution in [0, 0.1) is 6.92 Å². The first-order valence-electron chi connectivity index (χ1n) is 7.42. The summed E-state index contributed by atoms with van der Waals surface area (Å²) in [5.41, 5.74) is 1.11. The second-order valence-corrected chi connectivity index (χ2v) is 7.58. The molecule has 128 valence electrons. The van der Waals surface area contributed by atoms with E-state index < -0.39 is 10.0 Å². The molecule has 1 aliphatic rings. The van der Waals surface area contributed by atoms with Crippen LogP contribution in [0.2, 0.25) is 0 Å². The van der Waals surface area contributed by atoms with Crippen LogP contribution in [0.1, 0.15) is 5.56 Å². The number of nitrogens with one attached hydrogen (secondary N) is 1. The maximum atomic E-state index is 12.8. The molecule has 1 N–H and O–H groups in total. The monoisotopic (exact) mass is 341 g/mol. The van der Waals surface area contributed by atoms with Gasteiger partial charge in [-0.25, -0.2) is 8.42 Å². The quantitative estimate of drug-likeness (QED) is 0.844. The molecule has 0 atom stereocenters. The minimum atomic E-state index is -3.56. The molecule has 1 saturated heterocycles. The van der Waals surface area contributed by atoms with E-state index in [4.69, 9.17) is 4.74 Å². The first-order valence-corrected chi connectivity index (χ1v) is 8.86. The number of likely N-dealkylation sites (N-methyl/N-ethyl adjacent to an activating group) is 1. The molecular formula is C15H23N3O4S. The van der Waals surface area contributed by atoms with Crippen molar-refractivity contribution < 1.29 is 17.9 Å². The number of ether oxygens (including phenoxy) is 1. The number of amides is 1. The molecule has 1 aliphatic heterocycles. The van der Waals surface area contributed by atoms with Gasteiger partial charge in [-0.1, -0.05) is 6.07 Å². The van der Waals surface area contributed by atoms with E-state index in [1.807, 2.05) is 7.05 Å². The van der Waals surface area contributed by atoms with Gasteiger partial charge < -0.3 is 15.0 Å². The molecule has 1 aromatic rings. The fourth-order valence-corrected chi connectivity index (χ4v) is 4.12. The van der Waals surface area contributed by atoms with E-state index in [2.05, 4.69) is 10.2 Å². The van der Waals surface area contributed by atoms with Crippen LogP contribution >= 0.6 is 0 Å². The van der Waals surface area contributed by atoms with Gasteiger partial charge in [0.25, 0.3) is 0 Å². The third kappa shape index (κ3) is 4.29. The highest BCUT2D eigenvalue weighted by Crippen LogP contribution is 2.24.